The summed E-state index contributed by atoms with van der Waals surface area (Å²) in [5.41, 5.74) is -0.769. The number of carbonyl (C=O) groups is 1. The first-order valence-electron chi connectivity index (χ1n) is 4.86. The number of aliphatic carboxylic acids is 1. The third-order valence-electron chi connectivity index (χ3n) is 2.90. The van der Waals surface area contributed by atoms with Gasteiger partial charge in [-0.3, -0.25) is 4.79 Å². The highest BCUT2D eigenvalue weighted by molar-refractivity contribution is 5.76. The molecule has 0 aromatic heterocycles. The lowest BCUT2D eigenvalue weighted by Gasteiger charge is -2.27. The fourth-order valence-corrected chi connectivity index (χ4v) is 1.31. The van der Waals surface area contributed by atoms with Crippen molar-refractivity contribution in [2.75, 3.05) is 0 Å². The van der Waals surface area contributed by atoms with E-state index < -0.39 is 11.4 Å². The number of unbranched alkanes of at least 4 members (excludes halogenated alkanes) is 1. The minimum absolute atomic E-state index is 0.155. The van der Waals surface area contributed by atoms with E-state index in [2.05, 4.69) is 13.5 Å². The van der Waals surface area contributed by atoms with Gasteiger partial charge in [-0.25, -0.2) is 0 Å². The monoisotopic (exact) mass is 184 g/mol. The van der Waals surface area contributed by atoms with Crippen molar-refractivity contribution in [3.05, 3.63) is 12.7 Å². The zero-order valence-electron chi connectivity index (χ0n) is 8.84. The second kappa shape index (κ2) is 5.05. The Morgan fingerprint density at radius 3 is 2.54 bits per heavy atom. The van der Waals surface area contributed by atoms with Crippen LogP contribution in [0.15, 0.2) is 12.7 Å². The van der Waals surface area contributed by atoms with Gasteiger partial charge in [0.1, 0.15) is 0 Å². The van der Waals surface area contributed by atoms with Crippen molar-refractivity contribution < 1.29 is 9.90 Å². The van der Waals surface area contributed by atoms with Crippen LogP contribution >= 0.6 is 0 Å². The molecule has 13 heavy (non-hydrogen) atoms. The Hall–Kier alpha value is -0.790. The molecule has 0 aliphatic carbocycles. The van der Waals surface area contributed by atoms with Gasteiger partial charge in [0, 0.05) is 0 Å². The van der Waals surface area contributed by atoms with Gasteiger partial charge in [-0.05, 0) is 19.3 Å². The van der Waals surface area contributed by atoms with Gasteiger partial charge >= 0.3 is 5.97 Å². The number of hydrogen-bond donors (Lipinski definition) is 1. The third-order valence-corrected chi connectivity index (χ3v) is 2.90. The molecular formula is C11H20O2. The molecule has 0 aliphatic heterocycles. The summed E-state index contributed by atoms with van der Waals surface area (Å²) in [4.78, 5) is 11.0. The normalized spacial score (nSPS) is 17.5. The molecule has 0 aromatic carbocycles. The van der Waals surface area contributed by atoms with Crippen molar-refractivity contribution in [3.63, 3.8) is 0 Å². The van der Waals surface area contributed by atoms with E-state index in [9.17, 15) is 4.79 Å². The summed E-state index contributed by atoms with van der Waals surface area (Å²) in [5, 5.41) is 9.03. The topological polar surface area (TPSA) is 37.3 Å². The number of carboxylic acids is 1. The zero-order valence-corrected chi connectivity index (χ0v) is 8.84. The summed E-state index contributed by atoms with van der Waals surface area (Å²) in [7, 11) is 0. The summed E-state index contributed by atoms with van der Waals surface area (Å²) in [6.45, 7) is 9.43. The lowest BCUT2D eigenvalue weighted by molar-refractivity contribution is -0.147. The van der Waals surface area contributed by atoms with Crippen LogP contribution in [0.1, 0.15) is 40.0 Å². The van der Waals surface area contributed by atoms with Gasteiger partial charge in [-0.2, -0.15) is 0 Å². The summed E-state index contributed by atoms with van der Waals surface area (Å²) < 4.78 is 0. The van der Waals surface area contributed by atoms with E-state index in [1.165, 1.54) is 0 Å². The van der Waals surface area contributed by atoms with Crippen LogP contribution in [0.5, 0.6) is 0 Å². The largest absolute Gasteiger partial charge is 0.481 e. The summed E-state index contributed by atoms with van der Waals surface area (Å²) in [6, 6.07) is 0. The Kier molecular flexibility index (Phi) is 4.74. The Balaban J connectivity index is 4.38. The molecule has 76 valence electrons. The Morgan fingerprint density at radius 2 is 2.23 bits per heavy atom. The second-order valence-corrected chi connectivity index (χ2v) is 3.84. The second-order valence-electron chi connectivity index (χ2n) is 3.84. The van der Waals surface area contributed by atoms with E-state index >= 15 is 0 Å². The van der Waals surface area contributed by atoms with E-state index in [1.54, 1.807) is 13.0 Å². The Morgan fingerprint density at radius 1 is 1.69 bits per heavy atom. The zero-order chi connectivity index (χ0) is 10.5. The van der Waals surface area contributed by atoms with Crippen molar-refractivity contribution in [3.8, 4) is 0 Å². The van der Waals surface area contributed by atoms with Crippen molar-refractivity contribution in [2.45, 2.75) is 40.0 Å². The average Bonchev–Trinajstić information content (AvgIpc) is 2.12. The molecule has 2 nitrogen and oxygen atoms in total. The SMILES string of the molecule is C=CC(C)(C(=O)O)C(C)CCCC. The molecule has 0 fully saturated rings. The van der Waals surface area contributed by atoms with Gasteiger partial charge in [0.15, 0.2) is 0 Å². The molecule has 1 N–H and O–H groups in total. The molecule has 0 aromatic rings. The average molecular weight is 184 g/mol. The maximum Gasteiger partial charge on any atom is 0.313 e. The molecule has 0 saturated carbocycles. The summed E-state index contributed by atoms with van der Waals surface area (Å²) in [6.07, 6.45) is 4.69. The van der Waals surface area contributed by atoms with Crippen LogP contribution in [0, 0.1) is 11.3 Å². The van der Waals surface area contributed by atoms with Crippen molar-refractivity contribution in [1.82, 2.24) is 0 Å². The lowest BCUT2D eigenvalue weighted by Crippen LogP contribution is -2.32. The third kappa shape index (κ3) is 2.87. The molecule has 0 spiro atoms. The van der Waals surface area contributed by atoms with E-state index in [0.29, 0.717) is 0 Å². The van der Waals surface area contributed by atoms with Gasteiger partial charge < -0.3 is 5.11 Å². The van der Waals surface area contributed by atoms with Crippen LogP contribution in [0.25, 0.3) is 0 Å². The molecule has 2 unspecified atom stereocenters. The Bertz CT molecular complexity index is 187. The molecule has 0 aliphatic rings. The maximum atomic E-state index is 11.0. The summed E-state index contributed by atoms with van der Waals surface area (Å²) in [5.74, 6) is -0.617. The highest BCUT2D eigenvalue weighted by Crippen LogP contribution is 2.32. The predicted octanol–water partition coefficient (Wildman–Crippen LogP) is 3.09. The van der Waals surface area contributed by atoms with Crippen molar-refractivity contribution in [2.24, 2.45) is 11.3 Å². The fraction of sp³-hybridized carbons (Fsp3) is 0.727. The minimum Gasteiger partial charge on any atom is -0.481 e. The van der Waals surface area contributed by atoms with E-state index in [1.807, 2.05) is 6.92 Å². The first-order valence-corrected chi connectivity index (χ1v) is 4.86. The minimum atomic E-state index is -0.772. The molecule has 0 rings (SSSR count). The number of carboxylic acid groups (broad SMARTS) is 1. The molecule has 2 heteroatoms. The first kappa shape index (κ1) is 12.2. The van der Waals surface area contributed by atoms with Crippen molar-refractivity contribution in [1.29, 1.82) is 0 Å². The quantitative estimate of drug-likeness (QED) is 0.644. The fourth-order valence-electron chi connectivity index (χ4n) is 1.31. The molecule has 0 radical (unpaired) electrons. The van der Waals surface area contributed by atoms with Gasteiger partial charge in [-0.1, -0.05) is 32.8 Å². The van der Waals surface area contributed by atoms with Crippen LogP contribution in [0.2, 0.25) is 0 Å². The number of rotatable bonds is 6. The van der Waals surface area contributed by atoms with Gasteiger partial charge in [0.2, 0.25) is 0 Å². The van der Waals surface area contributed by atoms with E-state index in [4.69, 9.17) is 5.11 Å². The van der Waals surface area contributed by atoms with Gasteiger partial charge in [0.25, 0.3) is 0 Å². The predicted molar refractivity (Wildman–Crippen MR) is 54.6 cm³/mol. The highest BCUT2D eigenvalue weighted by Gasteiger charge is 2.35. The van der Waals surface area contributed by atoms with Gasteiger partial charge in [-0.15, -0.1) is 6.58 Å². The molecule has 0 saturated heterocycles. The maximum absolute atomic E-state index is 11.0. The smallest absolute Gasteiger partial charge is 0.313 e. The molecule has 0 bridgehead atoms. The Labute approximate surface area is 80.7 Å². The highest BCUT2D eigenvalue weighted by atomic mass is 16.4. The molecular weight excluding hydrogens is 164 g/mol. The van der Waals surface area contributed by atoms with Crippen LogP contribution in [0.4, 0.5) is 0 Å². The lowest BCUT2D eigenvalue weighted by atomic mass is 9.76. The van der Waals surface area contributed by atoms with Gasteiger partial charge in [0.05, 0.1) is 5.41 Å². The van der Waals surface area contributed by atoms with E-state index in [-0.39, 0.29) is 5.92 Å². The molecule has 0 heterocycles. The summed E-state index contributed by atoms with van der Waals surface area (Å²) >= 11 is 0. The standard InChI is InChI=1S/C11H20O2/c1-5-7-8-9(3)11(4,6-2)10(12)13/h6,9H,2,5,7-8H2,1,3-4H3,(H,12,13). The van der Waals surface area contributed by atoms with Crippen molar-refractivity contribution >= 4 is 5.97 Å². The molecule has 2 atom stereocenters. The van der Waals surface area contributed by atoms with Crippen LogP contribution in [-0.2, 0) is 4.79 Å². The van der Waals surface area contributed by atoms with Crippen LogP contribution in [-0.4, -0.2) is 11.1 Å². The first-order chi connectivity index (χ1) is 5.99. The van der Waals surface area contributed by atoms with Crippen LogP contribution in [0.3, 0.4) is 0 Å². The number of hydrogen-bond acceptors (Lipinski definition) is 1. The van der Waals surface area contributed by atoms with Crippen LogP contribution < -0.4 is 0 Å². The molecule has 0 amide bonds. The van der Waals surface area contributed by atoms with E-state index in [0.717, 1.165) is 19.3 Å².